The van der Waals surface area contributed by atoms with Crippen LogP contribution in [0.2, 0.25) is 0 Å². The van der Waals surface area contributed by atoms with E-state index in [-0.39, 0.29) is 18.0 Å². The molecule has 142 valence electrons. The predicted molar refractivity (Wildman–Crippen MR) is 98.3 cm³/mol. The van der Waals surface area contributed by atoms with Gasteiger partial charge >= 0.3 is 5.97 Å². The van der Waals surface area contributed by atoms with E-state index in [1.807, 2.05) is 0 Å². The molecule has 0 radical (unpaired) electrons. The van der Waals surface area contributed by atoms with E-state index < -0.39 is 5.97 Å². The van der Waals surface area contributed by atoms with Gasteiger partial charge in [-0.25, -0.2) is 14.3 Å². The number of amides is 1. The number of carbonyl (C=O) groups is 2. The number of carbonyl (C=O) groups excluding carboxylic acids is 2. The van der Waals surface area contributed by atoms with Crippen molar-refractivity contribution in [1.82, 2.24) is 19.9 Å². The normalized spacial score (nSPS) is 10.9. The average molecular weight is 380 g/mol. The van der Waals surface area contributed by atoms with E-state index >= 15 is 0 Å². The molecule has 9 heteroatoms. The van der Waals surface area contributed by atoms with Crippen molar-refractivity contribution in [3.8, 4) is 5.75 Å². The van der Waals surface area contributed by atoms with Gasteiger partial charge in [-0.1, -0.05) is 0 Å². The Kier molecular flexibility index (Phi) is 4.40. The second kappa shape index (κ2) is 7.03. The number of nitrogens with one attached hydrogen (secondary N) is 1. The standard InChI is InChI=1S/C19H16N4O5/c1-26-12-6-11-7-13(28-16(11)14(8-12)19(25)27-2)9-21-18(24)15-10-22-23-5-3-4-20-17(15)23/h3-8,10H,9H2,1-2H3,(H,21,24). The van der Waals surface area contributed by atoms with Gasteiger partial charge in [0.15, 0.2) is 5.65 Å². The maximum atomic E-state index is 12.5. The molecule has 4 rings (SSSR count). The molecule has 0 aliphatic carbocycles. The molecule has 1 amide bonds. The lowest BCUT2D eigenvalue weighted by Crippen LogP contribution is -2.22. The molecule has 0 spiro atoms. The summed E-state index contributed by atoms with van der Waals surface area (Å²) in [4.78, 5) is 28.7. The third-order valence-electron chi connectivity index (χ3n) is 4.23. The molecule has 3 aromatic heterocycles. The van der Waals surface area contributed by atoms with Crippen LogP contribution in [0.5, 0.6) is 5.75 Å². The molecule has 0 bridgehead atoms. The van der Waals surface area contributed by atoms with Crippen LogP contribution in [0.25, 0.3) is 16.6 Å². The summed E-state index contributed by atoms with van der Waals surface area (Å²) in [6.07, 6.45) is 4.76. The molecule has 0 fully saturated rings. The number of rotatable bonds is 5. The minimum atomic E-state index is -0.536. The molecule has 1 N–H and O–H groups in total. The minimum absolute atomic E-state index is 0.126. The number of fused-ring (bicyclic) bond motifs is 2. The zero-order chi connectivity index (χ0) is 19.7. The fourth-order valence-electron chi connectivity index (χ4n) is 2.90. The topological polar surface area (TPSA) is 108 Å². The van der Waals surface area contributed by atoms with Crippen LogP contribution >= 0.6 is 0 Å². The highest BCUT2D eigenvalue weighted by Crippen LogP contribution is 2.29. The van der Waals surface area contributed by atoms with Crippen molar-refractivity contribution in [3.05, 3.63) is 59.7 Å². The number of hydrogen-bond donors (Lipinski definition) is 1. The summed E-state index contributed by atoms with van der Waals surface area (Å²) in [5.74, 6) is 0.110. The average Bonchev–Trinajstić information content (AvgIpc) is 3.34. The molecule has 0 unspecified atom stereocenters. The van der Waals surface area contributed by atoms with E-state index in [4.69, 9.17) is 13.9 Å². The van der Waals surface area contributed by atoms with Gasteiger partial charge in [-0.05, 0) is 24.3 Å². The lowest BCUT2D eigenvalue weighted by Gasteiger charge is -2.04. The van der Waals surface area contributed by atoms with Crippen LogP contribution < -0.4 is 10.1 Å². The van der Waals surface area contributed by atoms with E-state index in [2.05, 4.69) is 15.4 Å². The number of aromatic nitrogens is 3. The number of benzene rings is 1. The van der Waals surface area contributed by atoms with Crippen LogP contribution in [0.1, 0.15) is 26.5 Å². The molecule has 1 aromatic carbocycles. The maximum Gasteiger partial charge on any atom is 0.341 e. The summed E-state index contributed by atoms with van der Waals surface area (Å²) in [7, 11) is 2.80. The number of nitrogens with zero attached hydrogens (tertiary/aromatic N) is 3. The number of esters is 1. The van der Waals surface area contributed by atoms with Crippen LogP contribution in [0.4, 0.5) is 0 Å². The summed E-state index contributed by atoms with van der Waals surface area (Å²) in [6, 6.07) is 6.75. The molecule has 0 saturated heterocycles. The van der Waals surface area contributed by atoms with Crippen LogP contribution in [0.3, 0.4) is 0 Å². The zero-order valence-corrected chi connectivity index (χ0v) is 15.1. The molecule has 9 nitrogen and oxygen atoms in total. The Morgan fingerprint density at radius 2 is 2.07 bits per heavy atom. The quantitative estimate of drug-likeness (QED) is 0.529. The number of methoxy groups -OCH3 is 2. The first-order valence-corrected chi connectivity index (χ1v) is 8.36. The molecular weight excluding hydrogens is 364 g/mol. The molecule has 0 saturated carbocycles. The van der Waals surface area contributed by atoms with E-state index in [1.165, 1.54) is 24.9 Å². The first-order valence-electron chi connectivity index (χ1n) is 8.36. The number of ether oxygens (including phenoxy) is 2. The second-order valence-electron chi connectivity index (χ2n) is 5.93. The van der Waals surface area contributed by atoms with Gasteiger partial charge in [0.25, 0.3) is 5.91 Å². The van der Waals surface area contributed by atoms with Gasteiger partial charge in [0.05, 0.1) is 27.0 Å². The van der Waals surface area contributed by atoms with Crippen LogP contribution in [0, 0.1) is 0 Å². The Labute approximate surface area is 158 Å². The van der Waals surface area contributed by atoms with Crippen molar-refractivity contribution in [2.75, 3.05) is 14.2 Å². The molecule has 0 atom stereocenters. The fraction of sp³-hybridized carbons (Fsp3) is 0.158. The Hall–Kier alpha value is -3.88. The van der Waals surface area contributed by atoms with E-state index in [0.717, 1.165) is 0 Å². The fourth-order valence-corrected chi connectivity index (χ4v) is 2.90. The van der Waals surface area contributed by atoms with Gasteiger partial charge in [-0.3, -0.25) is 4.79 Å². The Morgan fingerprint density at radius 1 is 1.21 bits per heavy atom. The lowest BCUT2D eigenvalue weighted by atomic mass is 10.1. The molecule has 4 aromatic rings. The largest absolute Gasteiger partial charge is 0.497 e. The Balaban J connectivity index is 1.60. The highest BCUT2D eigenvalue weighted by Gasteiger charge is 2.18. The van der Waals surface area contributed by atoms with Crippen LogP contribution in [0.15, 0.2) is 47.3 Å². The molecule has 28 heavy (non-hydrogen) atoms. The smallest absolute Gasteiger partial charge is 0.341 e. The van der Waals surface area contributed by atoms with Gasteiger partial charge in [0.2, 0.25) is 0 Å². The minimum Gasteiger partial charge on any atom is -0.497 e. The summed E-state index contributed by atoms with van der Waals surface area (Å²) in [6.45, 7) is 0.126. The van der Waals surface area contributed by atoms with Crippen LogP contribution in [-0.4, -0.2) is 40.7 Å². The molecule has 0 aliphatic heterocycles. The highest BCUT2D eigenvalue weighted by molar-refractivity contribution is 6.03. The van der Waals surface area contributed by atoms with Crippen LogP contribution in [-0.2, 0) is 11.3 Å². The van der Waals surface area contributed by atoms with Crippen molar-refractivity contribution in [2.24, 2.45) is 0 Å². The van der Waals surface area contributed by atoms with Crippen molar-refractivity contribution in [2.45, 2.75) is 6.54 Å². The number of furan rings is 1. The Morgan fingerprint density at radius 3 is 2.86 bits per heavy atom. The number of hydrogen-bond acceptors (Lipinski definition) is 7. The summed E-state index contributed by atoms with van der Waals surface area (Å²) in [5, 5.41) is 7.53. The third kappa shape index (κ3) is 3.02. The first kappa shape index (κ1) is 17.5. The summed E-state index contributed by atoms with van der Waals surface area (Å²) >= 11 is 0. The monoisotopic (exact) mass is 380 g/mol. The first-order chi connectivity index (χ1) is 13.6. The van der Waals surface area contributed by atoms with Gasteiger partial charge in [-0.2, -0.15) is 5.10 Å². The van der Waals surface area contributed by atoms with E-state index in [1.54, 1.807) is 36.7 Å². The summed E-state index contributed by atoms with van der Waals surface area (Å²) < 4.78 is 17.3. The van der Waals surface area contributed by atoms with Gasteiger partial charge in [0, 0.05) is 17.8 Å². The summed E-state index contributed by atoms with van der Waals surface area (Å²) in [5.41, 5.74) is 1.44. The van der Waals surface area contributed by atoms with Crippen molar-refractivity contribution >= 4 is 28.5 Å². The van der Waals surface area contributed by atoms with Crippen molar-refractivity contribution < 1.29 is 23.5 Å². The Bertz CT molecular complexity index is 1190. The SMILES string of the molecule is COC(=O)c1cc(OC)cc2cc(CNC(=O)c3cnn4cccnc34)oc12. The predicted octanol–water partition coefficient (Wildman–Crippen LogP) is 2.20. The van der Waals surface area contributed by atoms with Gasteiger partial charge in [-0.15, -0.1) is 0 Å². The third-order valence-corrected chi connectivity index (χ3v) is 4.23. The zero-order valence-electron chi connectivity index (χ0n) is 15.1. The molecule has 3 heterocycles. The van der Waals surface area contributed by atoms with Crippen molar-refractivity contribution in [3.63, 3.8) is 0 Å². The van der Waals surface area contributed by atoms with E-state index in [0.29, 0.717) is 33.7 Å². The highest BCUT2D eigenvalue weighted by atomic mass is 16.5. The maximum absolute atomic E-state index is 12.5. The van der Waals surface area contributed by atoms with Gasteiger partial charge < -0.3 is 19.2 Å². The van der Waals surface area contributed by atoms with Crippen molar-refractivity contribution in [1.29, 1.82) is 0 Å². The van der Waals surface area contributed by atoms with E-state index in [9.17, 15) is 9.59 Å². The van der Waals surface area contributed by atoms with Gasteiger partial charge in [0.1, 0.15) is 28.2 Å². The molecule has 0 aliphatic rings. The second-order valence-corrected chi connectivity index (χ2v) is 5.93. The molecular formula is C19H16N4O5. The lowest BCUT2D eigenvalue weighted by molar-refractivity contribution is 0.0601.